The number of para-hydroxylation sites is 1. The predicted octanol–water partition coefficient (Wildman–Crippen LogP) is 3.79. The molecule has 2 aromatic rings. The molecule has 0 saturated heterocycles. The standard InChI is InChI=1S/C19H24N2/c1-2-20-18(16-8-4-3-5-9-16)13-15-21-14-12-17-10-6-7-11-19(17)21/h3-11,18,20H,2,12-15H2,1H3. The third-order valence-corrected chi connectivity index (χ3v) is 4.32. The summed E-state index contributed by atoms with van der Waals surface area (Å²) in [7, 11) is 0. The average Bonchev–Trinajstić information content (AvgIpc) is 2.95. The van der Waals surface area contributed by atoms with Gasteiger partial charge in [0.25, 0.3) is 0 Å². The number of nitrogens with one attached hydrogen (secondary N) is 1. The van der Waals surface area contributed by atoms with E-state index in [1.165, 1.54) is 23.2 Å². The van der Waals surface area contributed by atoms with Gasteiger partial charge in [-0.2, -0.15) is 0 Å². The molecule has 0 amide bonds. The zero-order chi connectivity index (χ0) is 14.5. The van der Waals surface area contributed by atoms with Crippen LogP contribution in [0.15, 0.2) is 54.6 Å². The SMILES string of the molecule is CCNC(CCN1CCc2ccccc21)c1ccccc1. The molecule has 3 rings (SSSR count). The third-order valence-electron chi connectivity index (χ3n) is 4.32. The Balaban J connectivity index is 1.66. The molecule has 1 atom stereocenters. The van der Waals surface area contributed by atoms with Crippen molar-refractivity contribution in [1.29, 1.82) is 0 Å². The minimum absolute atomic E-state index is 0.448. The Labute approximate surface area is 127 Å². The number of nitrogens with zero attached hydrogens (tertiary/aromatic N) is 1. The highest BCUT2D eigenvalue weighted by atomic mass is 15.1. The Kier molecular flexibility index (Phi) is 4.56. The molecule has 1 aliphatic rings. The molecular weight excluding hydrogens is 256 g/mol. The third kappa shape index (κ3) is 3.27. The molecule has 0 fully saturated rings. The van der Waals surface area contributed by atoms with E-state index >= 15 is 0 Å². The Bertz CT molecular complexity index is 565. The highest BCUT2D eigenvalue weighted by Crippen LogP contribution is 2.28. The average molecular weight is 280 g/mol. The molecule has 1 aliphatic heterocycles. The van der Waals surface area contributed by atoms with Crippen LogP contribution in [0.25, 0.3) is 0 Å². The Morgan fingerprint density at radius 3 is 2.62 bits per heavy atom. The first-order chi connectivity index (χ1) is 10.4. The molecule has 110 valence electrons. The van der Waals surface area contributed by atoms with Crippen molar-refractivity contribution < 1.29 is 0 Å². The van der Waals surface area contributed by atoms with Crippen molar-refractivity contribution in [2.75, 3.05) is 24.5 Å². The van der Waals surface area contributed by atoms with Gasteiger partial charge in [0.05, 0.1) is 0 Å². The van der Waals surface area contributed by atoms with E-state index < -0.39 is 0 Å². The van der Waals surface area contributed by atoms with Crippen molar-refractivity contribution in [2.45, 2.75) is 25.8 Å². The summed E-state index contributed by atoms with van der Waals surface area (Å²) in [5, 5.41) is 3.62. The number of anilines is 1. The second-order valence-corrected chi connectivity index (χ2v) is 5.68. The Morgan fingerprint density at radius 1 is 1.05 bits per heavy atom. The topological polar surface area (TPSA) is 15.3 Å². The van der Waals surface area contributed by atoms with Gasteiger partial charge in [-0.1, -0.05) is 55.5 Å². The van der Waals surface area contributed by atoms with Crippen LogP contribution in [0, 0.1) is 0 Å². The summed E-state index contributed by atoms with van der Waals surface area (Å²) in [4.78, 5) is 2.53. The van der Waals surface area contributed by atoms with Crippen molar-refractivity contribution >= 4 is 5.69 Å². The molecule has 1 N–H and O–H groups in total. The molecule has 1 heterocycles. The van der Waals surface area contributed by atoms with E-state index in [0.29, 0.717) is 6.04 Å². The largest absolute Gasteiger partial charge is 0.371 e. The molecule has 0 spiro atoms. The van der Waals surface area contributed by atoms with Crippen LogP contribution < -0.4 is 10.2 Å². The van der Waals surface area contributed by atoms with Crippen LogP contribution in [0.1, 0.15) is 30.5 Å². The second-order valence-electron chi connectivity index (χ2n) is 5.68. The summed E-state index contributed by atoms with van der Waals surface area (Å²) >= 11 is 0. The fraction of sp³-hybridized carbons (Fsp3) is 0.368. The van der Waals surface area contributed by atoms with E-state index in [1.807, 2.05) is 0 Å². The number of hydrogen-bond acceptors (Lipinski definition) is 2. The smallest absolute Gasteiger partial charge is 0.0399 e. The molecule has 0 bridgehead atoms. The molecular formula is C19H24N2. The van der Waals surface area contributed by atoms with Gasteiger partial charge in [-0.25, -0.2) is 0 Å². The van der Waals surface area contributed by atoms with Gasteiger partial charge in [-0.05, 0) is 36.6 Å². The monoisotopic (exact) mass is 280 g/mol. The van der Waals surface area contributed by atoms with Gasteiger partial charge < -0.3 is 10.2 Å². The van der Waals surface area contributed by atoms with Crippen molar-refractivity contribution in [2.24, 2.45) is 0 Å². The number of rotatable bonds is 6. The highest BCUT2D eigenvalue weighted by molar-refractivity contribution is 5.57. The van der Waals surface area contributed by atoms with Crippen LogP contribution in [-0.4, -0.2) is 19.6 Å². The predicted molar refractivity (Wildman–Crippen MR) is 89.8 cm³/mol. The summed E-state index contributed by atoms with van der Waals surface area (Å²) in [6, 6.07) is 20.1. The maximum Gasteiger partial charge on any atom is 0.0399 e. The van der Waals surface area contributed by atoms with Crippen LogP contribution in [0.4, 0.5) is 5.69 Å². The zero-order valence-electron chi connectivity index (χ0n) is 12.8. The van der Waals surface area contributed by atoms with Gasteiger partial charge in [0.15, 0.2) is 0 Å². The summed E-state index contributed by atoms with van der Waals surface area (Å²) in [6.45, 7) is 5.47. The van der Waals surface area contributed by atoms with E-state index in [9.17, 15) is 0 Å². The lowest BCUT2D eigenvalue weighted by Crippen LogP contribution is -2.28. The highest BCUT2D eigenvalue weighted by Gasteiger charge is 2.19. The molecule has 2 nitrogen and oxygen atoms in total. The number of benzene rings is 2. The normalized spacial score (nSPS) is 15.0. The Hall–Kier alpha value is -1.80. The number of fused-ring (bicyclic) bond motifs is 1. The van der Waals surface area contributed by atoms with Gasteiger partial charge in [0.1, 0.15) is 0 Å². The molecule has 0 aromatic heterocycles. The maximum absolute atomic E-state index is 3.62. The quantitative estimate of drug-likeness (QED) is 0.866. The van der Waals surface area contributed by atoms with Crippen molar-refractivity contribution in [3.05, 3.63) is 65.7 Å². The van der Waals surface area contributed by atoms with Crippen molar-refractivity contribution in [3.8, 4) is 0 Å². The van der Waals surface area contributed by atoms with Crippen molar-refractivity contribution in [3.63, 3.8) is 0 Å². The summed E-state index contributed by atoms with van der Waals surface area (Å²) in [6.07, 6.45) is 2.33. The van der Waals surface area contributed by atoms with Crippen molar-refractivity contribution in [1.82, 2.24) is 5.32 Å². The fourth-order valence-corrected chi connectivity index (χ4v) is 3.24. The summed E-state index contributed by atoms with van der Waals surface area (Å²) in [5.41, 5.74) is 4.32. The van der Waals surface area contributed by atoms with Gasteiger partial charge in [-0.15, -0.1) is 0 Å². The first-order valence-electron chi connectivity index (χ1n) is 7.99. The van der Waals surface area contributed by atoms with E-state index in [4.69, 9.17) is 0 Å². The zero-order valence-corrected chi connectivity index (χ0v) is 12.8. The molecule has 0 aliphatic carbocycles. The molecule has 2 aromatic carbocycles. The van der Waals surface area contributed by atoms with E-state index in [2.05, 4.69) is 71.7 Å². The van der Waals surface area contributed by atoms with Crippen LogP contribution in [0.2, 0.25) is 0 Å². The van der Waals surface area contributed by atoms with Gasteiger partial charge in [0.2, 0.25) is 0 Å². The minimum Gasteiger partial charge on any atom is -0.371 e. The second kappa shape index (κ2) is 6.77. The van der Waals surface area contributed by atoms with E-state index in [-0.39, 0.29) is 0 Å². The van der Waals surface area contributed by atoms with Gasteiger partial charge in [0, 0.05) is 24.8 Å². The summed E-state index contributed by atoms with van der Waals surface area (Å²) in [5.74, 6) is 0. The lowest BCUT2D eigenvalue weighted by molar-refractivity contribution is 0.513. The van der Waals surface area contributed by atoms with Crippen LogP contribution >= 0.6 is 0 Å². The van der Waals surface area contributed by atoms with E-state index in [0.717, 1.165) is 26.1 Å². The molecule has 0 saturated carbocycles. The molecule has 1 unspecified atom stereocenters. The molecule has 2 heteroatoms. The fourth-order valence-electron chi connectivity index (χ4n) is 3.24. The molecule has 21 heavy (non-hydrogen) atoms. The lowest BCUT2D eigenvalue weighted by atomic mass is 10.0. The Morgan fingerprint density at radius 2 is 1.81 bits per heavy atom. The van der Waals surface area contributed by atoms with Gasteiger partial charge >= 0.3 is 0 Å². The first-order valence-corrected chi connectivity index (χ1v) is 7.99. The van der Waals surface area contributed by atoms with Crippen LogP contribution in [0.5, 0.6) is 0 Å². The summed E-state index contributed by atoms with van der Waals surface area (Å²) < 4.78 is 0. The van der Waals surface area contributed by atoms with Crippen LogP contribution in [0.3, 0.4) is 0 Å². The van der Waals surface area contributed by atoms with Crippen LogP contribution in [-0.2, 0) is 6.42 Å². The van der Waals surface area contributed by atoms with Gasteiger partial charge in [-0.3, -0.25) is 0 Å². The lowest BCUT2D eigenvalue weighted by Gasteiger charge is -2.24. The van der Waals surface area contributed by atoms with E-state index in [1.54, 1.807) is 0 Å². The molecule has 0 radical (unpaired) electrons. The number of hydrogen-bond donors (Lipinski definition) is 1. The minimum atomic E-state index is 0.448. The first kappa shape index (κ1) is 14.2. The maximum atomic E-state index is 3.62.